The first-order valence-corrected chi connectivity index (χ1v) is 8.60. The van der Waals surface area contributed by atoms with Gasteiger partial charge in [-0.3, -0.25) is 4.79 Å². The number of methoxy groups -OCH3 is 1. The quantitative estimate of drug-likeness (QED) is 0.898. The Bertz CT molecular complexity index is 851. The molecule has 0 bridgehead atoms. The highest BCUT2D eigenvalue weighted by Gasteiger charge is 2.25. The van der Waals surface area contributed by atoms with Crippen LogP contribution >= 0.6 is 0 Å². The van der Waals surface area contributed by atoms with Crippen molar-refractivity contribution < 1.29 is 18.7 Å². The van der Waals surface area contributed by atoms with Gasteiger partial charge in [0, 0.05) is 37.9 Å². The molecule has 0 saturated carbocycles. The van der Waals surface area contributed by atoms with Crippen LogP contribution in [-0.2, 0) is 0 Å². The van der Waals surface area contributed by atoms with E-state index in [0.717, 1.165) is 0 Å². The van der Waals surface area contributed by atoms with Gasteiger partial charge < -0.3 is 19.9 Å². The number of aromatic nitrogens is 1. The lowest BCUT2D eigenvalue weighted by Crippen LogP contribution is -2.51. The predicted octanol–water partition coefficient (Wildman–Crippen LogP) is 2.53. The summed E-state index contributed by atoms with van der Waals surface area (Å²) in [5.74, 6) is -0.298. The second-order valence-corrected chi connectivity index (χ2v) is 6.23. The molecular weight excluding hydrogens is 351 g/mol. The van der Waals surface area contributed by atoms with Crippen molar-refractivity contribution in [2.45, 2.75) is 6.92 Å². The van der Waals surface area contributed by atoms with Crippen molar-refractivity contribution in [3.8, 4) is 5.88 Å². The van der Waals surface area contributed by atoms with Crippen molar-refractivity contribution in [2.24, 2.45) is 0 Å². The summed E-state index contributed by atoms with van der Waals surface area (Å²) in [6.07, 6.45) is 1.58. The Morgan fingerprint density at radius 2 is 1.85 bits per heavy atom. The third kappa shape index (κ3) is 4.16. The summed E-state index contributed by atoms with van der Waals surface area (Å²) < 4.78 is 18.8. The Balaban J connectivity index is 1.58. The van der Waals surface area contributed by atoms with E-state index in [9.17, 15) is 14.0 Å². The lowest BCUT2D eigenvalue weighted by atomic mass is 10.1. The number of carbonyl (C=O) groups is 2. The molecule has 27 heavy (non-hydrogen) atoms. The third-order valence-electron chi connectivity index (χ3n) is 4.48. The summed E-state index contributed by atoms with van der Waals surface area (Å²) in [6.45, 7) is 3.18. The molecule has 1 aromatic heterocycles. The molecule has 0 aliphatic carbocycles. The number of urea groups is 1. The highest BCUT2D eigenvalue weighted by atomic mass is 19.1. The molecule has 1 saturated heterocycles. The third-order valence-corrected chi connectivity index (χ3v) is 4.48. The monoisotopic (exact) mass is 372 g/mol. The van der Waals surface area contributed by atoms with Crippen LogP contribution in [0.5, 0.6) is 5.88 Å². The number of nitrogens with zero attached hydrogens (tertiary/aromatic N) is 3. The van der Waals surface area contributed by atoms with E-state index in [1.54, 1.807) is 47.2 Å². The standard InChI is InChI=1S/C19H21FN4O3/c1-13-5-6-14(12-15(13)20)18(25)23-8-10-24(11-9-23)19(26)22-16-4-3-7-21-17(16)27-2/h3-7,12H,8-11H2,1-2H3,(H,22,26). The fraction of sp³-hybridized carbons (Fsp3) is 0.316. The molecule has 1 aromatic carbocycles. The molecule has 0 atom stereocenters. The highest BCUT2D eigenvalue weighted by molar-refractivity contribution is 5.95. The Kier molecular flexibility index (Phi) is 5.54. The lowest BCUT2D eigenvalue weighted by Gasteiger charge is -2.34. The van der Waals surface area contributed by atoms with Crippen molar-refractivity contribution in [1.82, 2.24) is 14.8 Å². The Morgan fingerprint density at radius 3 is 2.52 bits per heavy atom. The Labute approximate surface area is 156 Å². The van der Waals surface area contributed by atoms with E-state index in [1.807, 2.05) is 0 Å². The SMILES string of the molecule is COc1ncccc1NC(=O)N1CCN(C(=O)c2ccc(C)c(F)c2)CC1. The maximum absolute atomic E-state index is 13.7. The first-order chi connectivity index (χ1) is 13.0. The Morgan fingerprint density at radius 1 is 1.15 bits per heavy atom. The van der Waals surface area contributed by atoms with Gasteiger partial charge in [0.1, 0.15) is 11.5 Å². The summed E-state index contributed by atoms with van der Waals surface area (Å²) in [4.78, 5) is 32.3. The minimum Gasteiger partial charge on any atom is -0.480 e. The van der Waals surface area contributed by atoms with Crippen LogP contribution in [0.15, 0.2) is 36.5 Å². The molecule has 2 heterocycles. The van der Waals surface area contributed by atoms with E-state index >= 15 is 0 Å². The molecule has 1 aliphatic rings. The van der Waals surface area contributed by atoms with Crippen molar-refractivity contribution >= 4 is 17.6 Å². The van der Waals surface area contributed by atoms with Crippen molar-refractivity contribution in [3.63, 3.8) is 0 Å². The molecule has 8 heteroatoms. The first-order valence-electron chi connectivity index (χ1n) is 8.60. The average Bonchev–Trinajstić information content (AvgIpc) is 2.70. The molecule has 0 unspecified atom stereocenters. The van der Waals surface area contributed by atoms with Crippen LogP contribution in [0.3, 0.4) is 0 Å². The summed E-state index contributed by atoms with van der Waals surface area (Å²) in [5, 5.41) is 2.77. The normalized spacial score (nSPS) is 14.0. The van der Waals surface area contributed by atoms with Crippen LogP contribution in [0.25, 0.3) is 0 Å². The number of aryl methyl sites for hydroxylation is 1. The predicted molar refractivity (Wildman–Crippen MR) is 98.4 cm³/mol. The zero-order valence-corrected chi connectivity index (χ0v) is 15.2. The molecule has 1 N–H and O–H groups in total. The smallest absolute Gasteiger partial charge is 0.322 e. The molecule has 142 valence electrons. The number of hydrogen-bond donors (Lipinski definition) is 1. The number of nitrogens with one attached hydrogen (secondary N) is 1. The second kappa shape index (κ2) is 8.03. The fourth-order valence-electron chi connectivity index (χ4n) is 2.86. The average molecular weight is 372 g/mol. The lowest BCUT2D eigenvalue weighted by molar-refractivity contribution is 0.0671. The van der Waals surface area contributed by atoms with Gasteiger partial charge in [0.2, 0.25) is 5.88 Å². The van der Waals surface area contributed by atoms with Crippen LogP contribution < -0.4 is 10.1 Å². The zero-order chi connectivity index (χ0) is 19.4. The molecule has 3 amide bonds. The van der Waals surface area contributed by atoms with Gasteiger partial charge in [-0.15, -0.1) is 0 Å². The summed E-state index contributed by atoms with van der Waals surface area (Å²) >= 11 is 0. The number of benzene rings is 1. The van der Waals surface area contributed by atoms with Crippen molar-refractivity contribution in [2.75, 3.05) is 38.6 Å². The number of anilines is 1. The topological polar surface area (TPSA) is 74.8 Å². The number of rotatable bonds is 3. The highest BCUT2D eigenvalue weighted by Crippen LogP contribution is 2.20. The van der Waals surface area contributed by atoms with E-state index in [2.05, 4.69) is 10.3 Å². The van der Waals surface area contributed by atoms with E-state index < -0.39 is 5.82 Å². The summed E-state index contributed by atoms with van der Waals surface area (Å²) in [5.41, 5.74) is 1.30. The van der Waals surface area contributed by atoms with Gasteiger partial charge in [-0.25, -0.2) is 14.2 Å². The zero-order valence-electron chi connectivity index (χ0n) is 15.2. The minimum absolute atomic E-state index is 0.233. The number of carbonyl (C=O) groups excluding carboxylic acids is 2. The molecular formula is C19H21FN4O3. The number of hydrogen-bond acceptors (Lipinski definition) is 4. The molecule has 0 spiro atoms. The first kappa shape index (κ1) is 18.6. The van der Waals surface area contributed by atoms with E-state index in [4.69, 9.17) is 4.74 Å². The molecule has 3 rings (SSSR count). The van der Waals surface area contributed by atoms with Gasteiger partial charge >= 0.3 is 6.03 Å². The van der Waals surface area contributed by atoms with Crippen LogP contribution in [0.2, 0.25) is 0 Å². The molecule has 7 nitrogen and oxygen atoms in total. The van der Waals surface area contributed by atoms with E-state index in [1.165, 1.54) is 13.2 Å². The van der Waals surface area contributed by atoms with Crippen LogP contribution in [0.1, 0.15) is 15.9 Å². The molecule has 1 fully saturated rings. The van der Waals surface area contributed by atoms with Crippen molar-refractivity contribution in [3.05, 3.63) is 53.5 Å². The number of halogens is 1. The molecule has 1 aliphatic heterocycles. The largest absolute Gasteiger partial charge is 0.480 e. The molecule has 2 aromatic rings. The van der Waals surface area contributed by atoms with Gasteiger partial charge in [-0.2, -0.15) is 0 Å². The second-order valence-electron chi connectivity index (χ2n) is 6.23. The van der Waals surface area contributed by atoms with Crippen LogP contribution in [0.4, 0.5) is 14.9 Å². The molecule has 0 radical (unpaired) electrons. The number of pyridine rings is 1. The van der Waals surface area contributed by atoms with Gasteiger partial charge in [0.15, 0.2) is 0 Å². The van der Waals surface area contributed by atoms with Gasteiger partial charge in [-0.05, 0) is 36.8 Å². The maximum Gasteiger partial charge on any atom is 0.322 e. The summed E-state index contributed by atoms with van der Waals surface area (Å²) in [6, 6.07) is 7.59. The van der Waals surface area contributed by atoms with Gasteiger partial charge in [0.25, 0.3) is 5.91 Å². The number of ether oxygens (including phenoxy) is 1. The van der Waals surface area contributed by atoms with Crippen LogP contribution in [0, 0.1) is 12.7 Å². The van der Waals surface area contributed by atoms with Crippen molar-refractivity contribution in [1.29, 1.82) is 0 Å². The van der Waals surface area contributed by atoms with Gasteiger partial charge in [0.05, 0.1) is 7.11 Å². The number of amides is 3. The van der Waals surface area contributed by atoms with E-state index in [-0.39, 0.29) is 11.9 Å². The van der Waals surface area contributed by atoms with Gasteiger partial charge in [-0.1, -0.05) is 6.07 Å². The van der Waals surface area contributed by atoms with Crippen LogP contribution in [-0.4, -0.2) is 60.0 Å². The number of piperazine rings is 1. The maximum atomic E-state index is 13.7. The fourth-order valence-corrected chi connectivity index (χ4v) is 2.86. The summed E-state index contributed by atoms with van der Waals surface area (Å²) in [7, 11) is 1.48. The minimum atomic E-state index is -0.399. The Hall–Kier alpha value is -3.16. The van der Waals surface area contributed by atoms with E-state index in [0.29, 0.717) is 48.9 Å².